The molecule has 1 heterocycles. The maximum absolute atomic E-state index is 13.8. The van der Waals surface area contributed by atoms with Gasteiger partial charge in [0, 0.05) is 30.0 Å². The number of thiazole rings is 1. The second-order valence-corrected chi connectivity index (χ2v) is 7.36. The lowest BCUT2D eigenvalue weighted by Gasteiger charge is -2.12. The van der Waals surface area contributed by atoms with Crippen molar-refractivity contribution in [2.45, 2.75) is 19.3 Å². The van der Waals surface area contributed by atoms with Crippen molar-refractivity contribution in [1.29, 1.82) is 0 Å². The SMILES string of the molecule is COc1cccc(CCC(=O)Nc2ncc(Cc3ccc(F)cc3F)s2)c1OC. The number of hydrogen-bond acceptors (Lipinski definition) is 5. The van der Waals surface area contributed by atoms with Gasteiger partial charge < -0.3 is 14.8 Å². The number of aromatic nitrogens is 1. The van der Waals surface area contributed by atoms with Crippen molar-refractivity contribution in [2.24, 2.45) is 0 Å². The predicted molar refractivity (Wildman–Crippen MR) is 108 cm³/mol. The Morgan fingerprint density at radius 1 is 1.14 bits per heavy atom. The van der Waals surface area contributed by atoms with Crippen LogP contribution in [0.2, 0.25) is 0 Å². The average molecular weight is 418 g/mol. The van der Waals surface area contributed by atoms with E-state index >= 15 is 0 Å². The fourth-order valence-corrected chi connectivity index (χ4v) is 3.73. The molecule has 3 rings (SSSR count). The zero-order valence-corrected chi connectivity index (χ0v) is 16.8. The number of carbonyl (C=O) groups excluding carboxylic acids is 1. The maximum atomic E-state index is 13.8. The van der Waals surface area contributed by atoms with Crippen molar-refractivity contribution in [3.05, 3.63) is 70.2 Å². The summed E-state index contributed by atoms with van der Waals surface area (Å²) in [5.74, 6) is -0.181. The fraction of sp³-hybridized carbons (Fsp3) is 0.238. The van der Waals surface area contributed by atoms with Gasteiger partial charge in [-0.2, -0.15) is 0 Å². The molecule has 2 aromatic carbocycles. The quantitative estimate of drug-likeness (QED) is 0.581. The number of nitrogens with zero attached hydrogens (tertiary/aromatic N) is 1. The Morgan fingerprint density at radius 3 is 2.69 bits per heavy atom. The third-order valence-electron chi connectivity index (χ3n) is 4.29. The second kappa shape index (κ2) is 9.47. The molecule has 0 unspecified atom stereocenters. The number of halogens is 2. The molecule has 0 fully saturated rings. The molecule has 0 aliphatic heterocycles. The highest BCUT2D eigenvalue weighted by molar-refractivity contribution is 7.15. The summed E-state index contributed by atoms with van der Waals surface area (Å²) < 4.78 is 37.4. The normalized spacial score (nSPS) is 10.6. The van der Waals surface area contributed by atoms with E-state index in [4.69, 9.17) is 9.47 Å². The van der Waals surface area contributed by atoms with Crippen LogP contribution in [-0.4, -0.2) is 25.1 Å². The van der Waals surface area contributed by atoms with E-state index in [2.05, 4.69) is 10.3 Å². The van der Waals surface area contributed by atoms with E-state index in [0.29, 0.717) is 28.6 Å². The molecule has 0 atom stereocenters. The minimum Gasteiger partial charge on any atom is -0.493 e. The van der Waals surface area contributed by atoms with E-state index in [0.717, 1.165) is 16.5 Å². The highest BCUT2D eigenvalue weighted by Crippen LogP contribution is 2.31. The number of aryl methyl sites for hydroxylation is 1. The number of rotatable bonds is 8. The summed E-state index contributed by atoms with van der Waals surface area (Å²) in [6.07, 6.45) is 2.57. The van der Waals surface area contributed by atoms with Crippen LogP contribution >= 0.6 is 11.3 Å². The molecule has 1 aromatic heterocycles. The van der Waals surface area contributed by atoms with Crippen molar-refractivity contribution >= 4 is 22.4 Å². The Hall–Kier alpha value is -3.00. The van der Waals surface area contributed by atoms with Crippen molar-refractivity contribution < 1.29 is 23.0 Å². The van der Waals surface area contributed by atoms with Crippen molar-refractivity contribution in [3.63, 3.8) is 0 Å². The molecule has 0 spiro atoms. The summed E-state index contributed by atoms with van der Waals surface area (Å²) in [6, 6.07) is 9.00. The first-order valence-corrected chi connectivity index (χ1v) is 9.70. The molecule has 0 saturated carbocycles. The molecule has 0 aliphatic rings. The Balaban J connectivity index is 1.58. The number of methoxy groups -OCH3 is 2. The number of para-hydroxylation sites is 1. The molecule has 29 heavy (non-hydrogen) atoms. The molecule has 1 amide bonds. The van der Waals surface area contributed by atoms with Crippen LogP contribution in [0.5, 0.6) is 11.5 Å². The molecule has 3 aromatic rings. The van der Waals surface area contributed by atoms with Gasteiger partial charge in [-0.25, -0.2) is 13.8 Å². The van der Waals surface area contributed by atoms with Gasteiger partial charge in [-0.1, -0.05) is 18.2 Å². The Bertz CT molecular complexity index is 1010. The van der Waals surface area contributed by atoms with E-state index in [1.54, 1.807) is 26.5 Å². The number of nitrogens with one attached hydrogen (secondary N) is 1. The third kappa shape index (κ3) is 5.29. The van der Waals surface area contributed by atoms with Crippen molar-refractivity contribution in [2.75, 3.05) is 19.5 Å². The lowest BCUT2D eigenvalue weighted by molar-refractivity contribution is -0.116. The maximum Gasteiger partial charge on any atom is 0.226 e. The molecule has 0 saturated heterocycles. The van der Waals surface area contributed by atoms with Gasteiger partial charge in [-0.15, -0.1) is 11.3 Å². The first-order chi connectivity index (χ1) is 14.0. The van der Waals surface area contributed by atoms with Crippen molar-refractivity contribution in [1.82, 2.24) is 4.98 Å². The average Bonchev–Trinajstić information content (AvgIpc) is 3.14. The largest absolute Gasteiger partial charge is 0.493 e. The number of carbonyl (C=O) groups is 1. The smallest absolute Gasteiger partial charge is 0.226 e. The zero-order chi connectivity index (χ0) is 20.8. The van der Waals surface area contributed by atoms with Crippen LogP contribution in [-0.2, 0) is 17.6 Å². The van der Waals surface area contributed by atoms with Crippen LogP contribution in [0.1, 0.15) is 22.4 Å². The van der Waals surface area contributed by atoms with Gasteiger partial charge >= 0.3 is 0 Å². The topological polar surface area (TPSA) is 60.5 Å². The highest BCUT2D eigenvalue weighted by Gasteiger charge is 2.13. The molecule has 0 bridgehead atoms. The Morgan fingerprint density at radius 2 is 1.97 bits per heavy atom. The molecular weight excluding hydrogens is 398 g/mol. The van der Waals surface area contributed by atoms with E-state index in [9.17, 15) is 13.6 Å². The summed E-state index contributed by atoms with van der Waals surface area (Å²) in [5, 5.41) is 3.19. The minimum absolute atomic E-state index is 0.191. The van der Waals surface area contributed by atoms with Gasteiger partial charge in [-0.05, 0) is 29.7 Å². The lowest BCUT2D eigenvalue weighted by atomic mass is 10.1. The Labute approximate surface area is 171 Å². The van der Waals surface area contributed by atoms with Gasteiger partial charge in [0.25, 0.3) is 0 Å². The summed E-state index contributed by atoms with van der Waals surface area (Å²) >= 11 is 1.26. The summed E-state index contributed by atoms with van der Waals surface area (Å²) in [5.41, 5.74) is 1.24. The van der Waals surface area contributed by atoms with Gasteiger partial charge in [-0.3, -0.25) is 4.79 Å². The minimum atomic E-state index is -0.615. The van der Waals surface area contributed by atoms with E-state index < -0.39 is 11.6 Å². The number of amides is 1. The predicted octanol–water partition coefficient (Wildman–Crippen LogP) is 4.60. The van der Waals surface area contributed by atoms with Crippen LogP contribution in [0.3, 0.4) is 0 Å². The summed E-state index contributed by atoms with van der Waals surface area (Å²) in [6.45, 7) is 0. The van der Waals surface area contributed by atoms with Crippen LogP contribution < -0.4 is 14.8 Å². The van der Waals surface area contributed by atoms with Gasteiger partial charge in [0.05, 0.1) is 14.2 Å². The van der Waals surface area contributed by atoms with Crippen LogP contribution in [0.4, 0.5) is 13.9 Å². The second-order valence-electron chi connectivity index (χ2n) is 6.25. The first kappa shape index (κ1) is 20.7. The molecule has 1 N–H and O–H groups in total. The third-order valence-corrected chi connectivity index (χ3v) is 5.20. The lowest BCUT2D eigenvalue weighted by Crippen LogP contribution is -2.12. The van der Waals surface area contributed by atoms with Gasteiger partial charge in [0.2, 0.25) is 5.91 Å². The molecule has 8 heteroatoms. The van der Waals surface area contributed by atoms with Gasteiger partial charge in [0.15, 0.2) is 16.6 Å². The number of benzene rings is 2. The summed E-state index contributed by atoms with van der Waals surface area (Å²) in [4.78, 5) is 17.2. The van der Waals surface area contributed by atoms with Gasteiger partial charge in [0.1, 0.15) is 11.6 Å². The van der Waals surface area contributed by atoms with Crippen LogP contribution in [0, 0.1) is 11.6 Å². The number of anilines is 1. The number of ether oxygens (including phenoxy) is 2. The highest BCUT2D eigenvalue weighted by atomic mass is 32.1. The van der Waals surface area contributed by atoms with E-state index in [-0.39, 0.29) is 18.7 Å². The van der Waals surface area contributed by atoms with Crippen LogP contribution in [0.25, 0.3) is 0 Å². The monoisotopic (exact) mass is 418 g/mol. The van der Waals surface area contributed by atoms with E-state index in [1.165, 1.54) is 23.5 Å². The Kier molecular flexibility index (Phi) is 6.77. The standard InChI is InChI=1S/C21H20F2N2O3S/c1-27-18-5-3-4-13(20(18)28-2)7-9-19(26)25-21-24-12-16(29-21)10-14-6-8-15(22)11-17(14)23/h3-6,8,11-12H,7,9-10H2,1-2H3,(H,24,25,26). The molecule has 0 radical (unpaired) electrons. The fourth-order valence-electron chi connectivity index (χ4n) is 2.88. The molecular formula is C21H20F2N2O3S. The van der Waals surface area contributed by atoms with E-state index in [1.807, 2.05) is 12.1 Å². The zero-order valence-electron chi connectivity index (χ0n) is 16.0. The van der Waals surface area contributed by atoms with Crippen molar-refractivity contribution in [3.8, 4) is 11.5 Å². The first-order valence-electron chi connectivity index (χ1n) is 8.88. The molecule has 152 valence electrons. The summed E-state index contributed by atoms with van der Waals surface area (Å²) in [7, 11) is 3.12. The molecule has 5 nitrogen and oxygen atoms in total. The molecule has 0 aliphatic carbocycles. The number of hydrogen-bond donors (Lipinski definition) is 1. The van der Waals surface area contributed by atoms with Crippen LogP contribution in [0.15, 0.2) is 42.6 Å².